The molecule has 1 aromatic carbocycles. The van der Waals surface area contributed by atoms with E-state index in [4.69, 9.17) is 18.9 Å². The van der Waals surface area contributed by atoms with Gasteiger partial charge in [0, 0.05) is 25.0 Å². The zero-order chi connectivity index (χ0) is 33.0. The Kier molecular flexibility index (Phi) is 8.58. The number of methoxy groups -OCH3 is 1. The lowest BCUT2D eigenvalue weighted by atomic mass is 9.85. The highest BCUT2D eigenvalue weighted by atomic mass is 19.3. The minimum atomic E-state index is -3.43. The number of carbonyl (C=O) groups is 3. The van der Waals surface area contributed by atoms with Gasteiger partial charge in [-0.3, -0.25) is 4.79 Å². The number of halogens is 2. The van der Waals surface area contributed by atoms with Gasteiger partial charge in [-0.15, -0.1) is 0 Å². The van der Waals surface area contributed by atoms with Crippen molar-refractivity contribution in [1.82, 2.24) is 20.2 Å². The second-order valence-electron chi connectivity index (χ2n) is 14.0. The summed E-state index contributed by atoms with van der Waals surface area (Å²) < 4.78 is 55.5. The number of alkyl carbamates (subject to hydrolysis) is 1. The highest BCUT2D eigenvalue weighted by Crippen LogP contribution is 2.54. The number of nitrogens with one attached hydrogen (secondary N) is 1. The Labute approximate surface area is 266 Å². The molecule has 13 heteroatoms. The van der Waals surface area contributed by atoms with Gasteiger partial charge in [-0.2, -0.15) is 8.78 Å². The van der Waals surface area contributed by atoms with Crippen molar-refractivity contribution in [2.45, 2.75) is 96.1 Å². The van der Waals surface area contributed by atoms with Crippen LogP contribution in [0.25, 0.3) is 11.0 Å². The lowest BCUT2D eigenvalue weighted by Crippen LogP contribution is -2.57. The molecule has 4 aliphatic rings. The topological polar surface area (TPSA) is 129 Å². The second kappa shape index (κ2) is 12.2. The normalized spacial score (nSPS) is 33.0. The van der Waals surface area contributed by atoms with Crippen LogP contribution in [0.3, 0.4) is 0 Å². The van der Waals surface area contributed by atoms with E-state index < -0.39 is 71.8 Å². The van der Waals surface area contributed by atoms with Crippen molar-refractivity contribution in [3.63, 3.8) is 0 Å². The van der Waals surface area contributed by atoms with Crippen molar-refractivity contribution in [3.05, 3.63) is 23.9 Å². The van der Waals surface area contributed by atoms with Crippen molar-refractivity contribution < 1.29 is 42.1 Å². The van der Waals surface area contributed by atoms with E-state index in [2.05, 4.69) is 15.3 Å². The fourth-order valence-electron chi connectivity index (χ4n) is 7.29. The van der Waals surface area contributed by atoms with Crippen LogP contribution in [0.15, 0.2) is 18.2 Å². The van der Waals surface area contributed by atoms with Gasteiger partial charge in [0.05, 0.1) is 36.8 Å². The molecule has 250 valence electrons. The SMILES string of the molecule is CC[C@@H]1[C@@H]2CN(C(=O)[C@H](C(C)(C)C)NC(=O)O[C@@H]3CC4CC4[C@H]3OCCCC(F)(F)c3nc4ccc(OC)cc4nc3O2)[C@@H]1C=O. The molecule has 11 nitrogen and oxygen atoms in total. The summed E-state index contributed by atoms with van der Waals surface area (Å²) in [5.74, 6) is -3.79. The van der Waals surface area contributed by atoms with E-state index in [1.807, 2.05) is 27.7 Å². The standard InChI is InChI=1S/C33H42F2N4O7/c1-6-19-23(16-40)39-15-25(19)45-29-27(36-21-9-8-18(43-5)14-22(21)37-29)33(34,35)10-7-11-44-26-20-12-17(20)13-24(26)46-31(42)38-28(30(39)41)32(2,3)4/h8-9,14,16-17,19-20,23-26,28H,6-7,10-13,15H2,1-5H3,(H,38,42)/t17?,19-,20?,23+,24+,25-,26+,28+/m0/s1. The Hall–Kier alpha value is -3.61. The molecule has 2 amide bonds. The van der Waals surface area contributed by atoms with Crippen molar-refractivity contribution in [1.29, 1.82) is 0 Å². The molecule has 0 spiro atoms. The van der Waals surface area contributed by atoms with E-state index in [9.17, 15) is 14.4 Å². The van der Waals surface area contributed by atoms with E-state index >= 15 is 8.78 Å². The fraction of sp³-hybridized carbons (Fsp3) is 0.667. The van der Waals surface area contributed by atoms with Gasteiger partial charge in [-0.25, -0.2) is 14.8 Å². The highest BCUT2D eigenvalue weighted by Gasteiger charge is 2.56. The summed E-state index contributed by atoms with van der Waals surface area (Å²) in [7, 11) is 1.49. The number of ether oxygens (including phenoxy) is 4. The van der Waals surface area contributed by atoms with Gasteiger partial charge in [-0.1, -0.05) is 27.7 Å². The summed E-state index contributed by atoms with van der Waals surface area (Å²) in [6.45, 7) is 7.23. The number of hydrogen-bond donors (Lipinski definition) is 1. The molecule has 6 rings (SSSR count). The maximum atomic E-state index is 16.1. The number of aldehydes is 1. The van der Waals surface area contributed by atoms with Gasteiger partial charge >= 0.3 is 6.09 Å². The quantitative estimate of drug-likeness (QED) is 0.475. The van der Waals surface area contributed by atoms with Crippen molar-refractivity contribution >= 4 is 29.3 Å². The average Bonchev–Trinajstić information content (AvgIpc) is 3.55. The maximum Gasteiger partial charge on any atom is 0.408 e. The third-order valence-corrected chi connectivity index (χ3v) is 9.88. The van der Waals surface area contributed by atoms with Crippen LogP contribution in [0.1, 0.15) is 65.5 Å². The first-order valence-corrected chi connectivity index (χ1v) is 16.1. The molecule has 2 aliphatic heterocycles. The lowest BCUT2D eigenvalue weighted by Gasteiger charge is -2.35. The van der Waals surface area contributed by atoms with Gasteiger partial charge in [0.1, 0.15) is 30.3 Å². The summed E-state index contributed by atoms with van der Waals surface area (Å²) in [4.78, 5) is 50.1. The van der Waals surface area contributed by atoms with Crippen molar-refractivity contribution in [2.75, 3.05) is 20.3 Å². The molecule has 3 heterocycles. The number of amides is 2. The van der Waals surface area contributed by atoms with Crippen LogP contribution < -0.4 is 14.8 Å². The number of hydrogen-bond acceptors (Lipinski definition) is 9. The molecular formula is C33H42F2N4O7. The molecule has 46 heavy (non-hydrogen) atoms. The number of carbonyl (C=O) groups excluding carboxylic acids is 3. The van der Waals surface area contributed by atoms with Crippen LogP contribution in [-0.4, -0.2) is 83.8 Å². The Morgan fingerprint density at radius 3 is 2.61 bits per heavy atom. The monoisotopic (exact) mass is 644 g/mol. The average molecular weight is 645 g/mol. The molecule has 1 N–H and O–H groups in total. The maximum absolute atomic E-state index is 16.1. The Morgan fingerprint density at radius 2 is 1.91 bits per heavy atom. The molecule has 2 aromatic rings. The van der Waals surface area contributed by atoms with Gasteiger partial charge in [0.15, 0.2) is 5.69 Å². The van der Waals surface area contributed by atoms with E-state index in [1.165, 1.54) is 12.0 Å². The van der Waals surface area contributed by atoms with Gasteiger partial charge in [0.25, 0.3) is 5.92 Å². The Morgan fingerprint density at radius 1 is 1.13 bits per heavy atom. The zero-order valence-corrected chi connectivity index (χ0v) is 26.8. The van der Waals surface area contributed by atoms with Crippen LogP contribution in [0, 0.1) is 23.2 Å². The van der Waals surface area contributed by atoms with Crippen molar-refractivity contribution in [2.24, 2.45) is 23.2 Å². The van der Waals surface area contributed by atoms with Crippen LogP contribution in [-0.2, 0) is 25.0 Å². The smallest absolute Gasteiger partial charge is 0.408 e. The lowest BCUT2D eigenvalue weighted by molar-refractivity contribution is -0.139. The van der Waals surface area contributed by atoms with Crippen LogP contribution in [0.5, 0.6) is 11.6 Å². The summed E-state index contributed by atoms with van der Waals surface area (Å²) >= 11 is 0. The van der Waals surface area contributed by atoms with Crippen molar-refractivity contribution in [3.8, 4) is 11.6 Å². The molecule has 2 bridgehead atoms. The number of alkyl halides is 2. The van der Waals surface area contributed by atoms with Gasteiger partial charge in [0.2, 0.25) is 11.8 Å². The van der Waals surface area contributed by atoms with Crippen LogP contribution in [0.2, 0.25) is 0 Å². The van der Waals surface area contributed by atoms with E-state index in [1.54, 1.807) is 18.2 Å². The first kappa shape index (κ1) is 32.3. The van der Waals surface area contributed by atoms with Gasteiger partial charge in [-0.05, 0) is 55.1 Å². The first-order valence-electron chi connectivity index (χ1n) is 16.1. The molecular weight excluding hydrogens is 602 g/mol. The van der Waals surface area contributed by atoms with E-state index in [0.717, 1.165) is 6.42 Å². The highest BCUT2D eigenvalue weighted by molar-refractivity contribution is 5.89. The molecule has 2 saturated carbocycles. The Balaban J connectivity index is 1.41. The Bertz CT molecular complexity index is 1500. The summed E-state index contributed by atoms with van der Waals surface area (Å²) in [6, 6.07) is 2.81. The molecule has 0 radical (unpaired) electrons. The number of benzene rings is 1. The third-order valence-electron chi connectivity index (χ3n) is 9.88. The number of fused-ring (bicyclic) bond motifs is 7. The summed E-state index contributed by atoms with van der Waals surface area (Å²) in [6.07, 6.45) is -0.489. The minimum absolute atomic E-state index is 0.0180. The number of aromatic nitrogens is 2. The largest absolute Gasteiger partial charge is 0.497 e. The predicted octanol–water partition coefficient (Wildman–Crippen LogP) is 4.64. The molecule has 1 saturated heterocycles. The zero-order valence-electron chi connectivity index (χ0n) is 26.8. The summed E-state index contributed by atoms with van der Waals surface area (Å²) in [5.41, 5.74) is -0.821. The second-order valence-corrected chi connectivity index (χ2v) is 14.0. The first-order chi connectivity index (χ1) is 21.8. The predicted molar refractivity (Wildman–Crippen MR) is 162 cm³/mol. The van der Waals surface area contributed by atoms with Crippen LogP contribution >= 0.6 is 0 Å². The molecule has 2 unspecified atom stereocenters. The van der Waals surface area contributed by atoms with Gasteiger partial charge < -0.3 is 34.0 Å². The van der Waals surface area contributed by atoms with E-state index in [0.29, 0.717) is 36.3 Å². The fourth-order valence-corrected chi connectivity index (χ4v) is 7.29. The molecule has 2 aliphatic carbocycles. The number of nitrogens with zero attached hydrogens (tertiary/aromatic N) is 3. The molecule has 8 atom stereocenters. The number of rotatable bonds is 3. The third kappa shape index (κ3) is 6.10. The minimum Gasteiger partial charge on any atom is -0.497 e. The van der Waals surface area contributed by atoms with E-state index in [-0.39, 0.29) is 36.9 Å². The molecule has 1 aromatic heterocycles. The summed E-state index contributed by atoms with van der Waals surface area (Å²) in [5, 5.41) is 2.77. The molecule has 3 fully saturated rings. The van der Waals surface area contributed by atoms with Crippen LogP contribution in [0.4, 0.5) is 13.6 Å².